The number of fused-ring (bicyclic) bond motifs is 6. The van der Waals surface area contributed by atoms with Gasteiger partial charge >= 0.3 is 12.1 Å². The van der Waals surface area contributed by atoms with E-state index in [2.05, 4.69) is 94.5 Å². The molecular weight excluding hydrogens is 1490 g/mol. The van der Waals surface area contributed by atoms with Gasteiger partial charge in [0.2, 0.25) is 68.8 Å². The topological polar surface area (TPSA) is 398 Å². The van der Waals surface area contributed by atoms with E-state index in [1.54, 1.807) is 0 Å². The first kappa shape index (κ1) is 92.7. The summed E-state index contributed by atoms with van der Waals surface area (Å²) in [6.45, 7) is 41.3. The summed E-state index contributed by atoms with van der Waals surface area (Å²) in [5.74, 6) is -7.17. The standard InChI is InChI=1S/C43H73N7O9SSi.C38H61N7O7/c1-12-19-44-38(55)36(53)29-18-16-14-13-15-17-20-48(60(58,59)21-22-61(9,10)11)26-30(39(56)50-25-28-34(43(28,7)8)35(50)37(54)45-29)46-40(57)47-31(41(2,3)4)27-49-32(51)23-42(5,6)24-33(49)52;1-9-16-40-33(50)31(48)24-15-13-11-10-12-14-17-39-20-25(34(51)45-21-23-29(38(23,7)8)30(45)32(49)41-24)42-35(52)43-26(36(2,3)4)22-44-27(46)18-37(5,6)19-28(44)47/h12,28-31,34-35H,1,13-27H2,2-11H3,(H,44,55)(H,45,54)(H2,46,47,57);9,23-26,29-30,39H,1,10-22H2,2-8H3,(H,40,50)(H,41,49)(H2,42,43,52)/t28-,29-,30-,31+,34-,35-;23-,24-,25-,26+,29-,30-/m00/s1. The van der Waals surface area contributed by atoms with Crippen molar-refractivity contribution in [3.63, 3.8) is 0 Å². The van der Waals surface area contributed by atoms with Crippen LogP contribution in [0.3, 0.4) is 0 Å². The van der Waals surface area contributed by atoms with Crippen LogP contribution in [0.25, 0.3) is 0 Å². The summed E-state index contributed by atoms with van der Waals surface area (Å²) in [6, 6.07) is -8.89. The SMILES string of the molecule is C=CCNC(=O)C(=O)[C@@H]1CCCCCCCN(S(=O)(=O)CC[Si](C)(C)C)C[C@H](NC(=O)N[C@H](CN2C(=O)CC(C)(C)CC2=O)C(C)(C)C)C(=O)N2C[C@H]3[C@@H]([C@H]2C(=O)N1)C3(C)C.C=CCNC(=O)C(=O)[C@@H]1CCCCCCCNC[C@H](NC(=O)N[C@H](CN2C(=O)CC(C)(C)CC2=O)C(C)(C)C)C(=O)N2C[C@H]3[C@@H]([C@H]2C(=O)N1)C3(C)C. The molecule has 634 valence electrons. The first-order chi connectivity index (χ1) is 52.4. The third kappa shape index (κ3) is 24.6. The molecule has 0 bridgehead atoms. The molecule has 0 spiro atoms. The maximum atomic E-state index is 15.0. The highest BCUT2D eigenvalue weighted by Gasteiger charge is 2.71. The molecule has 2 aliphatic carbocycles. The Kier molecular flexibility index (Phi) is 30.9. The third-order valence-corrected chi connectivity index (χ3v) is 28.3. The maximum Gasteiger partial charge on any atom is 0.315 e. The summed E-state index contributed by atoms with van der Waals surface area (Å²) in [6.07, 6.45) is 11.3. The van der Waals surface area contributed by atoms with Crippen LogP contribution in [0.2, 0.25) is 25.7 Å². The van der Waals surface area contributed by atoms with E-state index in [0.29, 0.717) is 64.1 Å². The van der Waals surface area contributed by atoms with E-state index >= 15 is 4.79 Å². The lowest BCUT2D eigenvalue weighted by molar-refractivity contribution is -0.155. The summed E-state index contributed by atoms with van der Waals surface area (Å²) >= 11 is 0. The number of urea groups is 2. The Morgan fingerprint density at radius 3 is 1.30 bits per heavy atom. The average Bonchev–Trinajstić information content (AvgIpc) is 1.53. The van der Waals surface area contributed by atoms with E-state index in [4.69, 9.17) is 0 Å². The highest BCUT2D eigenvalue weighted by atomic mass is 32.2. The van der Waals surface area contributed by atoms with Crippen LogP contribution in [0.1, 0.15) is 200 Å². The van der Waals surface area contributed by atoms with Crippen molar-refractivity contribution in [1.29, 1.82) is 0 Å². The number of carbonyl (C=O) groups is 14. The van der Waals surface area contributed by atoms with Crippen LogP contribution < -0.4 is 47.9 Å². The molecular formula is C81H134N14O16SSi. The molecule has 6 aliphatic heterocycles. The number of amides is 14. The van der Waals surface area contributed by atoms with Gasteiger partial charge in [0.15, 0.2) is 0 Å². The summed E-state index contributed by atoms with van der Waals surface area (Å²) < 4.78 is 29.7. The minimum absolute atomic E-state index is 0.000157. The summed E-state index contributed by atoms with van der Waals surface area (Å²) in [4.78, 5) is 196. The molecule has 0 aromatic rings. The normalized spacial score (nSPS) is 28.0. The summed E-state index contributed by atoms with van der Waals surface area (Å²) in [5.41, 5.74) is -2.67. The molecule has 9 N–H and O–H groups in total. The first-order valence-corrected chi connectivity index (χ1v) is 46.3. The number of Topliss-reactive ketones (excluding diaryl/α,β-unsaturated/α-hetero) is 2. The molecule has 0 aromatic carbocycles. The van der Waals surface area contributed by atoms with Crippen LogP contribution in [-0.2, 0) is 67.6 Å². The molecule has 6 heterocycles. The fraction of sp³-hybridized carbons (Fsp3) is 0.778. The van der Waals surface area contributed by atoms with Crippen molar-refractivity contribution in [1.82, 2.24) is 71.8 Å². The van der Waals surface area contributed by atoms with Crippen molar-refractivity contribution >= 4 is 101 Å². The number of ketones is 2. The zero-order valence-corrected chi connectivity index (χ0v) is 72.3. The third-order valence-electron chi connectivity index (χ3n) is 24.4. The molecule has 14 amide bonds. The number of piperidine rings is 4. The lowest BCUT2D eigenvalue weighted by Crippen LogP contribution is -2.63. The van der Waals surface area contributed by atoms with E-state index in [1.165, 1.54) is 36.1 Å². The molecule has 0 aromatic heterocycles. The number of sulfonamides is 1. The number of hydrogen-bond donors (Lipinski definition) is 9. The van der Waals surface area contributed by atoms with Crippen LogP contribution in [0.4, 0.5) is 9.59 Å². The Labute approximate surface area is 671 Å². The zero-order valence-electron chi connectivity index (χ0n) is 70.5. The van der Waals surface area contributed by atoms with Crippen molar-refractivity contribution in [3.05, 3.63) is 25.3 Å². The number of nitrogens with one attached hydrogen (secondary N) is 9. The van der Waals surface area contributed by atoms with Gasteiger partial charge < -0.3 is 57.7 Å². The van der Waals surface area contributed by atoms with E-state index in [9.17, 15) is 70.7 Å². The van der Waals surface area contributed by atoms with Crippen molar-refractivity contribution < 1.29 is 75.5 Å². The Bertz CT molecular complexity index is 3670. The van der Waals surface area contributed by atoms with E-state index in [0.717, 1.165) is 25.7 Å². The van der Waals surface area contributed by atoms with Gasteiger partial charge in [0, 0.05) is 92.7 Å². The average molecular weight is 1620 g/mol. The van der Waals surface area contributed by atoms with Gasteiger partial charge in [-0.1, -0.05) is 180 Å². The quantitative estimate of drug-likeness (QED) is 0.0317. The second-order valence-corrected chi connectivity index (χ2v) is 46.6. The number of rotatable bonds is 20. The molecule has 113 heavy (non-hydrogen) atoms. The number of nitrogens with zero attached hydrogens (tertiary/aromatic N) is 5. The van der Waals surface area contributed by atoms with Crippen LogP contribution in [0, 0.1) is 56.2 Å². The Morgan fingerprint density at radius 1 is 0.540 bits per heavy atom. The lowest BCUT2D eigenvalue weighted by atomic mass is 9.80. The fourth-order valence-electron chi connectivity index (χ4n) is 16.9. The van der Waals surface area contributed by atoms with Gasteiger partial charge in [0.25, 0.3) is 11.8 Å². The predicted octanol–water partition coefficient (Wildman–Crippen LogP) is 5.43. The highest BCUT2D eigenvalue weighted by molar-refractivity contribution is 7.89. The van der Waals surface area contributed by atoms with Gasteiger partial charge in [-0.15, -0.1) is 13.2 Å². The van der Waals surface area contributed by atoms with Crippen molar-refractivity contribution in [3.8, 4) is 0 Å². The van der Waals surface area contributed by atoms with Gasteiger partial charge in [0.05, 0.1) is 29.9 Å². The van der Waals surface area contributed by atoms with Gasteiger partial charge in [-0.25, -0.2) is 18.0 Å². The smallest absolute Gasteiger partial charge is 0.315 e. The van der Waals surface area contributed by atoms with E-state index in [1.807, 2.05) is 83.1 Å². The summed E-state index contributed by atoms with van der Waals surface area (Å²) in [7, 11) is -5.73. The van der Waals surface area contributed by atoms with Crippen molar-refractivity contribution in [2.75, 3.05) is 71.2 Å². The van der Waals surface area contributed by atoms with Crippen LogP contribution >= 0.6 is 0 Å². The molecule has 0 radical (unpaired) electrons. The number of likely N-dealkylation sites (tertiary alicyclic amines) is 2. The molecule has 8 aliphatic rings. The minimum atomic E-state index is -3.92. The van der Waals surface area contributed by atoms with E-state index in [-0.39, 0.29) is 148 Å². The Hall–Kier alpha value is -7.45. The fourth-order valence-corrected chi connectivity index (χ4v) is 21.4. The zero-order chi connectivity index (χ0) is 84.5. The lowest BCUT2D eigenvalue weighted by Gasteiger charge is -2.40. The largest absolute Gasteiger partial charge is 0.346 e. The second kappa shape index (κ2) is 37.7. The summed E-state index contributed by atoms with van der Waals surface area (Å²) in [5, 5.41) is 25.5. The minimum Gasteiger partial charge on any atom is -0.346 e. The van der Waals surface area contributed by atoms with E-state index < -0.39 is 147 Å². The molecule has 32 heteroatoms. The van der Waals surface area contributed by atoms with Crippen molar-refractivity contribution in [2.24, 2.45) is 56.2 Å². The highest BCUT2D eigenvalue weighted by Crippen LogP contribution is 2.66. The molecule has 6 saturated heterocycles. The molecule has 0 unspecified atom stereocenters. The molecule has 30 nitrogen and oxygen atoms in total. The molecule has 8 fully saturated rings. The number of imide groups is 2. The van der Waals surface area contributed by atoms with Gasteiger partial charge in [-0.05, 0) is 94.4 Å². The van der Waals surface area contributed by atoms with Crippen LogP contribution in [0.5, 0.6) is 0 Å². The molecule has 2 saturated carbocycles. The monoisotopic (exact) mass is 1620 g/mol. The first-order valence-electron chi connectivity index (χ1n) is 40.9. The number of carbonyl (C=O) groups excluding carboxylic acids is 14. The van der Waals surface area contributed by atoms with Gasteiger partial charge in [0.1, 0.15) is 24.2 Å². The predicted molar refractivity (Wildman–Crippen MR) is 431 cm³/mol. The second-order valence-electron chi connectivity index (χ2n) is 38.9. The van der Waals surface area contributed by atoms with Crippen molar-refractivity contribution in [2.45, 2.75) is 274 Å². The van der Waals surface area contributed by atoms with Crippen LogP contribution in [0.15, 0.2) is 25.3 Å². The van der Waals surface area contributed by atoms with Gasteiger partial charge in [-0.2, -0.15) is 4.31 Å². The Balaban J connectivity index is 0.000000317. The van der Waals surface area contributed by atoms with Crippen LogP contribution in [-0.4, -0.2) is 243 Å². The van der Waals surface area contributed by atoms with Gasteiger partial charge in [-0.3, -0.25) is 67.3 Å². The molecule has 12 atom stereocenters. The Morgan fingerprint density at radius 2 is 0.912 bits per heavy atom. The number of hydrogen-bond acceptors (Lipinski definition) is 17. The maximum absolute atomic E-state index is 15.0. The molecule has 8 rings (SSSR count).